The van der Waals surface area contributed by atoms with E-state index < -0.39 is 0 Å². The molecule has 0 radical (unpaired) electrons. The first kappa shape index (κ1) is 21.4. The van der Waals surface area contributed by atoms with Crippen LogP contribution in [0, 0.1) is 5.92 Å². The number of amides is 2. The van der Waals surface area contributed by atoms with E-state index in [0.717, 1.165) is 17.9 Å². The van der Waals surface area contributed by atoms with Gasteiger partial charge in [-0.15, -0.1) is 0 Å². The number of ether oxygens (including phenoxy) is 1. The topological polar surface area (TPSA) is 95.9 Å². The van der Waals surface area contributed by atoms with Crippen molar-refractivity contribution in [3.8, 4) is 0 Å². The van der Waals surface area contributed by atoms with E-state index in [2.05, 4.69) is 10.1 Å². The third-order valence-electron chi connectivity index (χ3n) is 3.25. The maximum absolute atomic E-state index is 11.5. The minimum Gasteiger partial charge on any atom is -0.469 e. The van der Waals surface area contributed by atoms with Crippen LogP contribution in [0.5, 0.6) is 0 Å². The Balaban J connectivity index is 3.53. The highest BCUT2D eigenvalue weighted by molar-refractivity contribution is 5.77. The Morgan fingerprint density at radius 3 is 2.39 bits per heavy atom. The Hall–Kier alpha value is -1.63. The minimum absolute atomic E-state index is 0.0789. The molecule has 7 nitrogen and oxygen atoms in total. The zero-order chi connectivity index (χ0) is 17.7. The highest BCUT2D eigenvalue weighted by Crippen LogP contribution is 2.04. The van der Waals surface area contributed by atoms with Crippen LogP contribution in [-0.4, -0.2) is 48.3 Å². The van der Waals surface area contributed by atoms with Crippen molar-refractivity contribution >= 4 is 17.8 Å². The van der Waals surface area contributed by atoms with Gasteiger partial charge in [0.25, 0.3) is 0 Å². The summed E-state index contributed by atoms with van der Waals surface area (Å²) in [7, 11) is 1.33. The number of nitrogens with zero attached hydrogens (tertiary/aromatic N) is 1. The fourth-order valence-corrected chi connectivity index (χ4v) is 1.95. The lowest BCUT2D eigenvalue weighted by Crippen LogP contribution is -2.29. The van der Waals surface area contributed by atoms with Crippen LogP contribution < -0.4 is 5.32 Å². The molecule has 0 saturated heterocycles. The molecule has 7 heteroatoms. The molecule has 0 aliphatic rings. The van der Waals surface area contributed by atoms with Gasteiger partial charge in [0.05, 0.1) is 7.11 Å². The number of hydrogen-bond acceptors (Lipinski definition) is 5. The van der Waals surface area contributed by atoms with Gasteiger partial charge in [-0.05, 0) is 31.6 Å². The number of methoxy groups -OCH3 is 1. The van der Waals surface area contributed by atoms with E-state index in [1.807, 2.05) is 13.8 Å². The third-order valence-corrected chi connectivity index (χ3v) is 3.25. The van der Waals surface area contributed by atoms with Crippen LogP contribution in [0.1, 0.15) is 58.8 Å². The van der Waals surface area contributed by atoms with Gasteiger partial charge in [-0.25, -0.2) is 5.06 Å². The molecule has 2 amide bonds. The Bertz CT molecular complexity index is 371. The molecule has 0 atom stereocenters. The second-order valence-corrected chi connectivity index (χ2v) is 5.96. The predicted molar refractivity (Wildman–Crippen MR) is 85.7 cm³/mol. The normalized spacial score (nSPS) is 10.5. The maximum atomic E-state index is 11.5. The number of unbranched alkanes of at least 4 members (excludes halogenated alkanes) is 2. The molecule has 0 aromatic carbocycles. The number of hydroxylamine groups is 2. The van der Waals surface area contributed by atoms with Gasteiger partial charge < -0.3 is 10.1 Å². The molecule has 0 fully saturated rings. The van der Waals surface area contributed by atoms with Crippen LogP contribution in [0.15, 0.2) is 0 Å². The van der Waals surface area contributed by atoms with Crippen LogP contribution in [0.25, 0.3) is 0 Å². The van der Waals surface area contributed by atoms with Gasteiger partial charge in [-0.1, -0.05) is 13.8 Å². The first-order chi connectivity index (χ1) is 10.9. The molecule has 0 saturated carbocycles. The van der Waals surface area contributed by atoms with Crippen molar-refractivity contribution in [3.05, 3.63) is 0 Å². The van der Waals surface area contributed by atoms with E-state index >= 15 is 0 Å². The van der Waals surface area contributed by atoms with Crippen LogP contribution in [0.4, 0.5) is 0 Å². The lowest BCUT2D eigenvalue weighted by atomic mass is 10.1. The summed E-state index contributed by atoms with van der Waals surface area (Å²) in [4.78, 5) is 33.9. The van der Waals surface area contributed by atoms with Gasteiger partial charge in [0.2, 0.25) is 11.8 Å². The van der Waals surface area contributed by atoms with Crippen molar-refractivity contribution in [1.29, 1.82) is 0 Å². The molecule has 0 aliphatic carbocycles. The van der Waals surface area contributed by atoms with E-state index in [1.165, 1.54) is 7.11 Å². The van der Waals surface area contributed by atoms with E-state index in [9.17, 15) is 19.6 Å². The summed E-state index contributed by atoms with van der Waals surface area (Å²) in [6.45, 7) is 4.74. The van der Waals surface area contributed by atoms with Crippen molar-refractivity contribution in [2.24, 2.45) is 5.92 Å². The van der Waals surface area contributed by atoms with E-state index in [4.69, 9.17) is 0 Å². The number of esters is 1. The van der Waals surface area contributed by atoms with Crippen molar-refractivity contribution in [2.75, 3.05) is 20.2 Å². The second-order valence-electron chi connectivity index (χ2n) is 5.96. The molecule has 0 aromatic heterocycles. The summed E-state index contributed by atoms with van der Waals surface area (Å²) >= 11 is 0. The molecule has 0 unspecified atom stereocenters. The zero-order valence-electron chi connectivity index (χ0n) is 14.5. The average molecular weight is 330 g/mol. The fraction of sp³-hybridized carbons (Fsp3) is 0.812. The van der Waals surface area contributed by atoms with Crippen LogP contribution in [0.2, 0.25) is 0 Å². The molecule has 23 heavy (non-hydrogen) atoms. The lowest BCUT2D eigenvalue weighted by molar-refractivity contribution is -0.166. The highest BCUT2D eigenvalue weighted by atomic mass is 16.5. The Labute approximate surface area is 138 Å². The SMILES string of the molecule is COC(=O)CCCC(=O)NCCCCCN(O)C(=O)CC(C)C. The number of carbonyl (C=O) groups excluding carboxylic acids is 3. The monoisotopic (exact) mass is 330 g/mol. The maximum Gasteiger partial charge on any atom is 0.305 e. The first-order valence-electron chi connectivity index (χ1n) is 8.19. The van der Waals surface area contributed by atoms with E-state index in [0.29, 0.717) is 38.8 Å². The molecule has 0 aromatic rings. The molecule has 0 bridgehead atoms. The zero-order valence-corrected chi connectivity index (χ0v) is 14.5. The number of hydrogen-bond donors (Lipinski definition) is 2. The second kappa shape index (κ2) is 12.9. The summed E-state index contributed by atoms with van der Waals surface area (Å²) in [5.74, 6) is -0.409. The Kier molecular flexibility index (Phi) is 12.0. The molecule has 2 N–H and O–H groups in total. The van der Waals surface area contributed by atoms with Crippen molar-refractivity contribution < 1.29 is 24.3 Å². The standard InChI is InChI=1S/C16H30N2O5/c1-13(2)12-15(20)18(22)11-6-4-5-10-17-14(19)8-7-9-16(21)23-3/h13,22H,4-12H2,1-3H3,(H,17,19). The quantitative estimate of drug-likeness (QED) is 0.246. The lowest BCUT2D eigenvalue weighted by Gasteiger charge is -2.16. The molecule has 0 rings (SSSR count). The molecule has 0 aliphatic heterocycles. The third kappa shape index (κ3) is 12.6. The molecular weight excluding hydrogens is 300 g/mol. The van der Waals surface area contributed by atoms with Gasteiger partial charge >= 0.3 is 5.97 Å². The smallest absolute Gasteiger partial charge is 0.305 e. The summed E-state index contributed by atoms with van der Waals surface area (Å²) in [6, 6.07) is 0. The van der Waals surface area contributed by atoms with Crippen LogP contribution in [0.3, 0.4) is 0 Å². The summed E-state index contributed by atoms with van der Waals surface area (Å²) in [5.41, 5.74) is 0. The summed E-state index contributed by atoms with van der Waals surface area (Å²) in [6.07, 6.45) is 3.68. The van der Waals surface area contributed by atoms with Gasteiger partial charge in [-0.3, -0.25) is 19.6 Å². The van der Waals surface area contributed by atoms with Gasteiger partial charge in [0.1, 0.15) is 0 Å². The van der Waals surface area contributed by atoms with Gasteiger partial charge in [0.15, 0.2) is 0 Å². The molecule has 134 valence electrons. The first-order valence-corrected chi connectivity index (χ1v) is 8.19. The molecule has 0 heterocycles. The van der Waals surface area contributed by atoms with Crippen LogP contribution in [-0.2, 0) is 19.1 Å². The number of carbonyl (C=O) groups is 3. The van der Waals surface area contributed by atoms with E-state index in [-0.39, 0.29) is 30.1 Å². The van der Waals surface area contributed by atoms with Gasteiger partial charge in [-0.2, -0.15) is 0 Å². The molecular formula is C16H30N2O5. The summed E-state index contributed by atoms with van der Waals surface area (Å²) in [5, 5.41) is 13.1. The van der Waals surface area contributed by atoms with Crippen LogP contribution >= 0.6 is 0 Å². The summed E-state index contributed by atoms with van der Waals surface area (Å²) < 4.78 is 4.50. The highest BCUT2D eigenvalue weighted by Gasteiger charge is 2.11. The average Bonchev–Trinajstić information content (AvgIpc) is 2.49. The Morgan fingerprint density at radius 1 is 1.09 bits per heavy atom. The fourth-order valence-electron chi connectivity index (χ4n) is 1.95. The van der Waals surface area contributed by atoms with E-state index in [1.54, 1.807) is 0 Å². The van der Waals surface area contributed by atoms with Gasteiger partial charge in [0, 0.05) is 32.4 Å². The Morgan fingerprint density at radius 2 is 1.78 bits per heavy atom. The molecule has 0 spiro atoms. The van der Waals surface area contributed by atoms with Crippen molar-refractivity contribution in [1.82, 2.24) is 10.4 Å². The van der Waals surface area contributed by atoms with Crippen molar-refractivity contribution in [3.63, 3.8) is 0 Å². The van der Waals surface area contributed by atoms with Crippen molar-refractivity contribution in [2.45, 2.75) is 58.8 Å². The number of nitrogens with one attached hydrogen (secondary N) is 1. The predicted octanol–water partition coefficient (Wildman–Crippen LogP) is 1.88. The largest absolute Gasteiger partial charge is 0.469 e. The number of rotatable bonds is 12. The minimum atomic E-state index is -0.307.